The van der Waals surface area contributed by atoms with Crippen LogP contribution in [0, 0.1) is 0 Å². The number of ether oxygens (including phenoxy) is 3. The second-order valence-corrected chi connectivity index (χ2v) is 8.35. The molecule has 9 heteroatoms. The van der Waals surface area contributed by atoms with E-state index in [0.717, 1.165) is 38.6 Å². The van der Waals surface area contributed by atoms with E-state index in [1.807, 2.05) is 48.5 Å². The SMILES string of the molecule is COc1cc(-c2nc(NCc3ccc(C(=O)NO)cc3)cc3c2[nH]c2ccccc23)cc(OC)c1OC. The molecule has 0 aliphatic heterocycles. The van der Waals surface area contributed by atoms with E-state index in [4.69, 9.17) is 24.4 Å². The molecule has 5 aromatic rings. The lowest BCUT2D eigenvalue weighted by atomic mass is 10.1. The molecule has 0 aliphatic carbocycles. The van der Waals surface area contributed by atoms with Gasteiger partial charge in [-0.3, -0.25) is 10.0 Å². The predicted molar refractivity (Wildman–Crippen MR) is 142 cm³/mol. The number of aromatic nitrogens is 2. The van der Waals surface area contributed by atoms with Gasteiger partial charge in [0, 0.05) is 34.0 Å². The van der Waals surface area contributed by atoms with Gasteiger partial charge in [0.25, 0.3) is 5.91 Å². The molecule has 0 atom stereocenters. The van der Waals surface area contributed by atoms with Gasteiger partial charge in [0.1, 0.15) is 5.82 Å². The normalized spacial score (nSPS) is 10.9. The summed E-state index contributed by atoms with van der Waals surface area (Å²) in [6, 6.07) is 20.8. The summed E-state index contributed by atoms with van der Waals surface area (Å²) in [5.74, 6) is 1.70. The molecule has 1 amide bonds. The average Bonchev–Trinajstić information content (AvgIpc) is 3.33. The van der Waals surface area contributed by atoms with Crippen molar-refractivity contribution >= 4 is 33.5 Å². The molecule has 2 aromatic heterocycles. The quantitative estimate of drug-likeness (QED) is 0.173. The molecular formula is C28H26N4O5. The van der Waals surface area contributed by atoms with E-state index >= 15 is 0 Å². The van der Waals surface area contributed by atoms with Crippen molar-refractivity contribution in [3.63, 3.8) is 0 Å². The first-order valence-corrected chi connectivity index (χ1v) is 11.5. The second-order valence-electron chi connectivity index (χ2n) is 8.35. The van der Waals surface area contributed by atoms with Crippen molar-refractivity contribution < 1.29 is 24.2 Å². The molecule has 0 spiro atoms. The molecule has 0 radical (unpaired) electrons. The summed E-state index contributed by atoms with van der Waals surface area (Å²) < 4.78 is 16.7. The Hall–Kier alpha value is -4.76. The topological polar surface area (TPSA) is 118 Å². The van der Waals surface area contributed by atoms with Gasteiger partial charge >= 0.3 is 0 Å². The Balaban J connectivity index is 1.60. The molecule has 2 heterocycles. The number of rotatable bonds is 8. The third-order valence-electron chi connectivity index (χ3n) is 6.23. The molecule has 0 saturated carbocycles. The number of carbonyl (C=O) groups excluding carboxylic acids is 1. The van der Waals surface area contributed by atoms with Crippen LogP contribution in [0.5, 0.6) is 17.2 Å². The molecule has 0 aliphatic rings. The van der Waals surface area contributed by atoms with Gasteiger partial charge < -0.3 is 24.5 Å². The molecule has 4 N–H and O–H groups in total. The van der Waals surface area contributed by atoms with E-state index in [9.17, 15) is 4.79 Å². The highest BCUT2D eigenvalue weighted by atomic mass is 16.5. The number of pyridine rings is 1. The molecule has 9 nitrogen and oxygen atoms in total. The van der Waals surface area contributed by atoms with E-state index in [0.29, 0.717) is 35.2 Å². The van der Waals surface area contributed by atoms with Gasteiger partial charge in [-0.25, -0.2) is 10.5 Å². The molecule has 5 rings (SSSR count). The number of methoxy groups -OCH3 is 3. The van der Waals surface area contributed by atoms with E-state index in [2.05, 4.69) is 16.4 Å². The number of aromatic amines is 1. The average molecular weight is 499 g/mol. The zero-order valence-electron chi connectivity index (χ0n) is 20.6. The van der Waals surface area contributed by atoms with Gasteiger partial charge in [-0.2, -0.15) is 0 Å². The van der Waals surface area contributed by atoms with Gasteiger partial charge in [0.05, 0.1) is 32.5 Å². The smallest absolute Gasteiger partial charge is 0.274 e. The van der Waals surface area contributed by atoms with Crippen LogP contribution in [0.15, 0.2) is 66.7 Å². The summed E-state index contributed by atoms with van der Waals surface area (Å²) in [5.41, 5.74) is 6.38. The number of hydrogen-bond donors (Lipinski definition) is 4. The van der Waals surface area contributed by atoms with Crippen molar-refractivity contribution in [3.05, 3.63) is 77.9 Å². The number of nitrogens with one attached hydrogen (secondary N) is 3. The predicted octanol–water partition coefficient (Wildman–Crippen LogP) is 5.14. The van der Waals surface area contributed by atoms with Gasteiger partial charge in [0.2, 0.25) is 5.75 Å². The molecule has 0 saturated heterocycles. The Morgan fingerprint density at radius 2 is 1.62 bits per heavy atom. The highest BCUT2D eigenvalue weighted by Crippen LogP contribution is 2.43. The lowest BCUT2D eigenvalue weighted by Gasteiger charge is -2.15. The van der Waals surface area contributed by atoms with Crippen LogP contribution in [-0.2, 0) is 6.54 Å². The minimum absolute atomic E-state index is 0.370. The number of amides is 1. The summed E-state index contributed by atoms with van der Waals surface area (Å²) in [6.45, 7) is 0.483. The number of carbonyl (C=O) groups is 1. The second kappa shape index (κ2) is 10.1. The van der Waals surface area contributed by atoms with Crippen molar-refractivity contribution in [2.24, 2.45) is 0 Å². The van der Waals surface area contributed by atoms with Gasteiger partial charge in [-0.05, 0) is 42.0 Å². The number of H-pyrrole nitrogens is 1. The lowest BCUT2D eigenvalue weighted by Crippen LogP contribution is -2.18. The van der Waals surface area contributed by atoms with Crippen LogP contribution >= 0.6 is 0 Å². The van der Waals surface area contributed by atoms with Crippen molar-refractivity contribution in [1.82, 2.24) is 15.4 Å². The lowest BCUT2D eigenvalue weighted by molar-refractivity contribution is 0.0706. The fourth-order valence-corrected chi connectivity index (χ4v) is 4.39. The third-order valence-corrected chi connectivity index (χ3v) is 6.23. The van der Waals surface area contributed by atoms with E-state index in [1.165, 1.54) is 0 Å². The van der Waals surface area contributed by atoms with Crippen molar-refractivity contribution in [2.45, 2.75) is 6.54 Å². The fourth-order valence-electron chi connectivity index (χ4n) is 4.39. The summed E-state index contributed by atoms with van der Waals surface area (Å²) in [4.78, 5) is 20.1. The number of benzene rings is 3. The van der Waals surface area contributed by atoms with Crippen molar-refractivity contribution in [3.8, 4) is 28.5 Å². The van der Waals surface area contributed by atoms with Crippen LogP contribution in [0.4, 0.5) is 5.82 Å². The number of hydrogen-bond acceptors (Lipinski definition) is 7. The Kier molecular flexibility index (Phi) is 6.53. The van der Waals surface area contributed by atoms with Crippen molar-refractivity contribution in [1.29, 1.82) is 0 Å². The van der Waals surface area contributed by atoms with Crippen LogP contribution in [0.1, 0.15) is 15.9 Å². The monoisotopic (exact) mass is 498 g/mol. The van der Waals surface area contributed by atoms with Crippen LogP contribution in [0.3, 0.4) is 0 Å². The zero-order chi connectivity index (χ0) is 25.9. The summed E-state index contributed by atoms with van der Waals surface area (Å²) >= 11 is 0. The first kappa shape index (κ1) is 24.0. The number of nitrogens with zero attached hydrogens (tertiary/aromatic N) is 1. The van der Waals surface area contributed by atoms with E-state index in [1.54, 1.807) is 38.9 Å². The fraction of sp³-hybridized carbons (Fsp3) is 0.143. The maximum absolute atomic E-state index is 11.6. The summed E-state index contributed by atoms with van der Waals surface area (Å²) in [7, 11) is 4.74. The minimum Gasteiger partial charge on any atom is -0.493 e. The largest absolute Gasteiger partial charge is 0.493 e. The van der Waals surface area contributed by atoms with Gasteiger partial charge in [-0.15, -0.1) is 0 Å². The van der Waals surface area contributed by atoms with Crippen LogP contribution in [0.2, 0.25) is 0 Å². The first-order valence-electron chi connectivity index (χ1n) is 11.5. The van der Waals surface area contributed by atoms with Crippen LogP contribution in [0.25, 0.3) is 33.1 Å². The third kappa shape index (κ3) is 4.48. The highest BCUT2D eigenvalue weighted by molar-refractivity contribution is 6.12. The molecule has 0 unspecified atom stereocenters. The zero-order valence-corrected chi connectivity index (χ0v) is 20.6. The van der Waals surface area contributed by atoms with Crippen molar-refractivity contribution in [2.75, 3.05) is 26.6 Å². The first-order chi connectivity index (χ1) is 18.1. The van der Waals surface area contributed by atoms with Gasteiger partial charge in [0.15, 0.2) is 11.5 Å². The summed E-state index contributed by atoms with van der Waals surface area (Å²) in [6.07, 6.45) is 0. The molecule has 0 fully saturated rings. The van der Waals surface area contributed by atoms with Gasteiger partial charge in [-0.1, -0.05) is 30.3 Å². The minimum atomic E-state index is -0.555. The molecule has 188 valence electrons. The Labute approximate surface area is 213 Å². The standard InChI is InChI=1S/C28H26N4O5/c1-35-22-12-18(13-23(36-2)27(22)37-3)25-26-20(19-6-4-5-7-21(19)30-26)14-24(31-25)29-15-16-8-10-17(11-9-16)28(33)32-34/h4-14,30,34H,15H2,1-3H3,(H,29,31)(H,32,33). The Morgan fingerprint density at radius 3 is 2.27 bits per heavy atom. The maximum Gasteiger partial charge on any atom is 0.274 e. The molecule has 3 aromatic carbocycles. The van der Waals surface area contributed by atoms with Crippen LogP contribution in [-0.4, -0.2) is 42.4 Å². The number of fused-ring (bicyclic) bond motifs is 3. The summed E-state index contributed by atoms with van der Waals surface area (Å²) in [5, 5.41) is 14.3. The molecular weight excluding hydrogens is 472 g/mol. The van der Waals surface area contributed by atoms with E-state index < -0.39 is 5.91 Å². The number of hydroxylamine groups is 1. The Morgan fingerprint density at radius 1 is 0.919 bits per heavy atom. The van der Waals surface area contributed by atoms with E-state index in [-0.39, 0.29) is 0 Å². The number of para-hydroxylation sites is 1. The highest BCUT2D eigenvalue weighted by Gasteiger charge is 2.19. The maximum atomic E-state index is 11.6. The molecule has 37 heavy (non-hydrogen) atoms. The van der Waals surface area contributed by atoms with Crippen LogP contribution < -0.4 is 25.0 Å². The Bertz CT molecular complexity index is 1570. The number of anilines is 1. The molecule has 0 bridgehead atoms.